The molecule has 0 unspecified atom stereocenters. The van der Waals surface area contributed by atoms with Crippen molar-refractivity contribution < 1.29 is 0 Å². The van der Waals surface area contributed by atoms with Gasteiger partial charge >= 0.3 is 0 Å². The molecule has 0 saturated heterocycles. The van der Waals surface area contributed by atoms with Crippen molar-refractivity contribution in [3.8, 4) is 0 Å². The fourth-order valence-electron chi connectivity index (χ4n) is 1.45. The second kappa shape index (κ2) is 4.61. The fourth-order valence-corrected chi connectivity index (χ4v) is 1.45. The van der Waals surface area contributed by atoms with E-state index in [0.717, 1.165) is 5.69 Å². The zero-order valence-corrected chi connectivity index (χ0v) is 9.14. The van der Waals surface area contributed by atoms with Gasteiger partial charge in [-0.2, -0.15) is 4.98 Å². The van der Waals surface area contributed by atoms with Crippen molar-refractivity contribution in [1.82, 2.24) is 9.97 Å². The van der Waals surface area contributed by atoms with Crippen LogP contribution in [0.1, 0.15) is 11.3 Å². The second-order valence-corrected chi connectivity index (χ2v) is 3.60. The van der Waals surface area contributed by atoms with Crippen molar-refractivity contribution in [2.45, 2.75) is 13.5 Å². The van der Waals surface area contributed by atoms with Gasteiger partial charge in [0.1, 0.15) is 5.82 Å². The molecule has 2 aromatic rings. The highest BCUT2D eigenvalue weighted by molar-refractivity contribution is 5.38. The van der Waals surface area contributed by atoms with Crippen LogP contribution in [0.4, 0.5) is 11.8 Å². The van der Waals surface area contributed by atoms with Crippen molar-refractivity contribution in [2.75, 3.05) is 11.1 Å². The molecule has 1 aromatic carbocycles. The van der Waals surface area contributed by atoms with E-state index < -0.39 is 0 Å². The summed E-state index contributed by atoms with van der Waals surface area (Å²) < 4.78 is 0. The Labute approximate surface area is 94.5 Å². The molecule has 2 rings (SSSR count). The Balaban J connectivity index is 2.05. The zero-order chi connectivity index (χ0) is 11.4. The van der Waals surface area contributed by atoms with E-state index in [9.17, 15) is 0 Å². The van der Waals surface area contributed by atoms with Gasteiger partial charge in [0.05, 0.1) is 0 Å². The van der Waals surface area contributed by atoms with Crippen LogP contribution in [0.2, 0.25) is 0 Å². The standard InChI is InChI=1S/C12H14N4/c1-9-7-11(13)16-12(15-9)14-8-10-5-3-2-4-6-10/h2-7H,8H2,1H3,(H3,13,14,15,16). The number of aromatic nitrogens is 2. The maximum absolute atomic E-state index is 5.64. The highest BCUT2D eigenvalue weighted by atomic mass is 15.1. The Kier molecular flexibility index (Phi) is 3.00. The average Bonchev–Trinajstić information content (AvgIpc) is 2.27. The molecule has 0 saturated carbocycles. The minimum absolute atomic E-state index is 0.489. The fraction of sp³-hybridized carbons (Fsp3) is 0.167. The highest BCUT2D eigenvalue weighted by Crippen LogP contribution is 2.07. The Morgan fingerprint density at radius 2 is 1.94 bits per heavy atom. The van der Waals surface area contributed by atoms with Gasteiger partial charge in [-0.15, -0.1) is 0 Å². The normalized spacial score (nSPS) is 10.1. The molecule has 0 bridgehead atoms. The van der Waals surface area contributed by atoms with E-state index in [1.165, 1.54) is 5.56 Å². The molecule has 0 amide bonds. The van der Waals surface area contributed by atoms with Gasteiger partial charge in [0.2, 0.25) is 5.95 Å². The quantitative estimate of drug-likeness (QED) is 0.820. The molecule has 0 aliphatic heterocycles. The molecule has 0 aliphatic rings. The summed E-state index contributed by atoms with van der Waals surface area (Å²) in [6.45, 7) is 2.59. The first-order valence-electron chi connectivity index (χ1n) is 5.13. The van der Waals surface area contributed by atoms with E-state index in [2.05, 4.69) is 15.3 Å². The maximum Gasteiger partial charge on any atom is 0.225 e. The summed E-state index contributed by atoms with van der Waals surface area (Å²) in [7, 11) is 0. The number of nitrogens with two attached hydrogens (primary N) is 1. The van der Waals surface area contributed by atoms with Crippen molar-refractivity contribution in [3.63, 3.8) is 0 Å². The van der Waals surface area contributed by atoms with Gasteiger partial charge < -0.3 is 11.1 Å². The van der Waals surface area contributed by atoms with Crippen LogP contribution in [-0.4, -0.2) is 9.97 Å². The highest BCUT2D eigenvalue weighted by Gasteiger charge is 1.99. The monoisotopic (exact) mass is 214 g/mol. The minimum Gasteiger partial charge on any atom is -0.384 e. The van der Waals surface area contributed by atoms with E-state index in [-0.39, 0.29) is 0 Å². The van der Waals surface area contributed by atoms with Gasteiger partial charge in [-0.1, -0.05) is 30.3 Å². The molecule has 4 nitrogen and oxygen atoms in total. The van der Waals surface area contributed by atoms with Gasteiger partial charge in [-0.05, 0) is 12.5 Å². The smallest absolute Gasteiger partial charge is 0.225 e. The molecule has 0 atom stereocenters. The van der Waals surface area contributed by atoms with Crippen LogP contribution in [0.25, 0.3) is 0 Å². The van der Waals surface area contributed by atoms with E-state index in [1.807, 2.05) is 37.3 Å². The summed E-state index contributed by atoms with van der Waals surface area (Å²) in [5.74, 6) is 1.06. The molecule has 1 heterocycles. The molecule has 0 fully saturated rings. The number of hydrogen-bond donors (Lipinski definition) is 2. The van der Waals surface area contributed by atoms with Crippen molar-refractivity contribution in [3.05, 3.63) is 47.7 Å². The first-order chi connectivity index (χ1) is 7.74. The lowest BCUT2D eigenvalue weighted by atomic mass is 10.2. The third-order valence-electron chi connectivity index (χ3n) is 2.17. The Bertz CT molecular complexity index is 447. The predicted octanol–water partition coefficient (Wildman–Crippen LogP) is 1.98. The lowest BCUT2D eigenvalue weighted by molar-refractivity contribution is 1.03. The Hall–Kier alpha value is -2.10. The van der Waals surface area contributed by atoms with Crippen LogP contribution in [0.5, 0.6) is 0 Å². The number of aryl methyl sites for hydroxylation is 1. The molecule has 0 aliphatic carbocycles. The molecule has 4 heteroatoms. The second-order valence-electron chi connectivity index (χ2n) is 3.60. The van der Waals surface area contributed by atoms with Gasteiger partial charge in [0, 0.05) is 18.3 Å². The predicted molar refractivity (Wildman–Crippen MR) is 65.0 cm³/mol. The third-order valence-corrected chi connectivity index (χ3v) is 2.17. The summed E-state index contributed by atoms with van der Waals surface area (Å²) in [6.07, 6.45) is 0. The van der Waals surface area contributed by atoms with E-state index >= 15 is 0 Å². The number of benzene rings is 1. The summed E-state index contributed by atoms with van der Waals surface area (Å²) in [6, 6.07) is 11.8. The van der Waals surface area contributed by atoms with Crippen LogP contribution >= 0.6 is 0 Å². The SMILES string of the molecule is Cc1cc(N)nc(NCc2ccccc2)n1. The van der Waals surface area contributed by atoms with E-state index in [4.69, 9.17) is 5.73 Å². The molecule has 1 aromatic heterocycles. The van der Waals surface area contributed by atoms with Gasteiger partial charge in [-0.3, -0.25) is 0 Å². The van der Waals surface area contributed by atoms with E-state index in [1.54, 1.807) is 6.07 Å². The molecule has 0 radical (unpaired) electrons. The lowest BCUT2D eigenvalue weighted by Crippen LogP contribution is -2.05. The number of anilines is 2. The topological polar surface area (TPSA) is 63.8 Å². The third kappa shape index (κ3) is 2.70. The van der Waals surface area contributed by atoms with Crippen LogP contribution < -0.4 is 11.1 Å². The summed E-state index contributed by atoms with van der Waals surface area (Å²) in [4.78, 5) is 8.35. The number of nitrogens with one attached hydrogen (secondary N) is 1. The molecule has 16 heavy (non-hydrogen) atoms. The molecule has 82 valence electrons. The van der Waals surface area contributed by atoms with Crippen molar-refractivity contribution in [2.24, 2.45) is 0 Å². The van der Waals surface area contributed by atoms with Crippen molar-refractivity contribution >= 4 is 11.8 Å². The lowest BCUT2D eigenvalue weighted by Gasteiger charge is -2.06. The molecule has 0 spiro atoms. The van der Waals surface area contributed by atoms with Crippen molar-refractivity contribution in [1.29, 1.82) is 0 Å². The first kappa shape index (κ1) is 10.4. The van der Waals surface area contributed by atoms with Gasteiger partial charge in [0.25, 0.3) is 0 Å². The number of nitrogens with zero attached hydrogens (tertiary/aromatic N) is 2. The zero-order valence-electron chi connectivity index (χ0n) is 9.14. The average molecular weight is 214 g/mol. The summed E-state index contributed by atoms with van der Waals surface area (Å²) in [5.41, 5.74) is 7.69. The Morgan fingerprint density at radius 1 is 1.19 bits per heavy atom. The number of nitrogen functional groups attached to an aromatic ring is 1. The summed E-state index contributed by atoms with van der Waals surface area (Å²) in [5, 5.41) is 3.14. The largest absolute Gasteiger partial charge is 0.384 e. The van der Waals surface area contributed by atoms with Crippen LogP contribution in [0.3, 0.4) is 0 Å². The molecule has 3 N–H and O–H groups in total. The van der Waals surface area contributed by atoms with E-state index in [0.29, 0.717) is 18.3 Å². The number of rotatable bonds is 3. The molecular formula is C12H14N4. The van der Waals surface area contributed by atoms with Gasteiger partial charge in [-0.25, -0.2) is 4.98 Å². The minimum atomic E-state index is 0.489. The Morgan fingerprint density at radius 3 is 2.62 bits per heavy atom. The summed E-state index contributed by atoms with van der Waals surface area (Å²) >= 11 is 0. The number of hydrogen-bond acceptors (Lipinski definition) is 4. The van der Waals surface area contributed by atoms with Crippen LogP contribution in [0, 0.1) is 6.92 Å². The van der Waals surface area contributed by atoms with Crippen LogP contribution in [0.15, 0.2) is 36.4 Å². The van der Waals surface area contributed by atoms with Crippen LogP contribution in [-0.2, 0) is 6.54 Å². The molecular weight excluding hydrogens is 200 g/mol. The maximum atomic E-state index is 5.64. The first-order valence-corrected chi connectivity index (χ1v) is 5.13. The van der Waals surface area contributed by atoms with Gasteiger partial charge in [0.15, 0.2) is 0 Å².